The zero-order valence-corrected chi connectivity index (χ0v) is 67.6. The van der Waals surface area contributed by atoms with Crippen LogP contribution in [0.1, 0.15) is 415 Å². The molecule has 0 amide bonds. The van der Waals surface area contributed by atoms with E-state index in [1.807, 2.05) is 0 Å². The smallest absolute Gasteiger partial charge is 0.462 e. The lowest BCUT2D eigenvalue weighted by atomic mass is 9.99. The van der Waals surface area contributed by atoms with Crippen LogP contribution in [0.15, 0.2) is 0 Å². The number of carbonyl (C=O) groups is 4. The van der Waals surface area contributed by atoms with Gasteiger partial charge in [0.1, 0.15) is 19.3 Å². The van der Waals surface area contributed by atoms with Gasteiger partial charge in [0, 0.05) is 25.7 Å². The lowest BCUT2D eigenvalue weighted by Crippen LogP contribution is -2.30. The Morgan fingerprint density at radius 2 is 0.480 bits per heavy atom. The Kier molecular flexibility index (Phi) is 68.7. The summed E-state index contributed by atoms with van der Waals surface area (Å²) < 4.78 is 68.7. The molecule has 0 radical (unpaired) electrons. The van der Waals surface area contributed by atoms with E-state index in [9.17, 15) is 43.2 Å². The van der Waals surface area contributed by atoms with Crippen molar-refractivity contribution in [3.8, 4) is 0 Å². The van der Waals surface area contributed by atoms with Gasteiger partial charge in [-0.3, -0.25) is 37.3 Å². The molecular formula is C81H158O17P2. The third kappa shape index (κ3) is 71.7. The van der Waals surface area contributed by atoms with Crippen molar-refractivity contribution in [2.24, 2.45) is 23.7 Å². The minimum Gasteiger partial charge on any atom is -0.462 e. The van der Waals surface area contributed by atoms with Crippen LogP contribution in [0.25, 0.3) is 0 Å². The Morgan fingerprint density at radius 3 is 0.710 bits per heavy atom. The average Bonchev–Trinajstić information content (AvgIpc) is 1.17. The molecule has 0 fully saturated rings. The highest BCUT2D eigenvalue weighted by molar-refractivity contribution is 7.47. The maximum Gasteiger partial charge on any atom is 0.472 e. The van der Waals surface area contributed by atoms with Crippen molar-refractivity contribution in [1.29, 1.82) is 0 Å². The summed E-state index contributed by atoms with van der Waals surface area (Å²) in [4.78, 5) is 73.0. The molecule has 0 aliphatic rings. The molecule has 594 valence electrons. The molecule has 19 heteroatoms. The third-order valence-corrected chi connectivity index (χ3v) is 21.4. The van der Waals surface area contributed by atoms with Gasteiger partial charge in [0.15, 0.2) is 12.2 Å². The maximum atomic E-state index is 13.1. The summed E-state index contributed by atoms with van der Waals surface area (Å²) in [5, 5.41) is 10.6. The molecule has 4 unspecified atom stereocenters. The fraction of sp³-hybridized carbons (Fsp3) is 0.951. The van der Waals surface area contributed by atoms with Gasteiger partial charge in [-0.25, -0.2) is 9.13 Å². The molecule has 0 bridgehead atoms. The quantitative estimate of drug-likeness (QED) is 0.0222. The van der Waals surface area contributed by atoms with Gasteiger partial charge >= 0.3 is 39.5 Å². The third-order valence-electron chi connectivity index (χ3n) is 19.5. The maximum absolute atomic E-state index is 13.1. The molecule has 3 N–H and O–H groups in total. The van der Waals surface area contributed by atoms with Crippen molar-refractivity contribution >= 4 is 39.5 Å². The topological polar surface area (TPSA) is 237 Å². The average molecular weight is 1470 g/mol. The number of aliphatic hydroxyl groups excluding tert-OH is 1. The predicted molar refractivity (Wildman–Crippen MR) is 409 cm³/mol. The Hall–Kier alpha value is -1.94. The summed E-state index contributed by atoms with van der Waals surface area (Å²) in [6, 6.07) is 0. The highest BCUT2D eigenvalue weighted by Gasteiger charge is 2.30. The van der Waals surface area contributed by atoms with Crippen molar-refractivity contribution in [1.82, 2.24) is 0 Å². The van der Waals surface area contributed by atoms with Gasteiger partial charge < -0.3 is 33.8 Å². The van der Waals surface area contributed by atoms with Crippen LogP contribution in [0.4, 0.5) is 0 Å². The molecule has 0 saturated carbocycles. The van der Waals surface area contributed by atoms with E-state index in [2.05, 4.69) is 55.4 Å². The van der Waals surface area contributed by atoms with Crippen LogP contribution in [-0.4, -0.2) is 96.7 Å². The lowest BCUT2D eigenvalue weighted by molar-refractivity contribution is -0.161. The molecule has 7 atom stereocenters. The van der Waals surface area contributed by atoms with Crippen molar-refractivity contribution in [3.63, 3.8) is 0 Å². The van der Waals surface area contributed by atoms with Crippen LogP contribution >= 0.6 is 15.6 Å². The summed E-state index contributed by atoms with van der Waals surface area (Å²) in [6.07, 6.45) is 56.9. The second-order valence-corrected chi connectivity index (χ2v) is 33.5. The first-order chi connectivity index (χ1) is 48.2. The molecule has 17 nitrogen and oxygen atoms in total. The first-order valence-electron chi connectivity index (χ1n) is 41.8. The van der Waals surface area contributed by atoms with Crippen molar-refractivity contribution in [2.45, 2.75) is 433 Å². The Morgan fingerprint density at radius 1 is 0.280 bits per heavy atom. The van der Waals surface area contributed by atoms with Crippen LogP contribution in [-0.2, 0) is 65.4 Å². The number of phosphoric ester groups is 2. The van der Waals surface area contributed by atoms with Crippen molar-refractivity contribution < 1.29 is 80.2 Å². The molecular weight excluding hydrogens is 1310 g/mol. The highest BCUT2D eigenvalue weighted by atomic mass is 31.2. The molecule has 0 aliphatic carbocycles. The molecule has 0 heterocycles. The standard InChI is InChI=1S/C81H158O17P2/c1-9-73(7)59-51-43-35-29-22-18-15-16-20-24-31-37-47-55-63-80(85)98-77(68-92-79(84)62-54-46-40-39-44-52-60-74(8)10-2)70-96-100(89,90)94-66-75(82)65-93-99(87,88)95-69-76(97-81(86)64-56-48-38-32-26-25-28-34-42-50-58-72(5)6)67-91-78(83)61-53-45-36-30-23-19-14-12-11-13-17-21-27-33-41-49-57-71(3)4/h71-77,82H,9-70H2,1-8H3,(H,87,88)(H,89,90)/t73?,74?,75-,76-,77-/m1/s1. The van der Waals surface area contributed by atoms with Gasteiger partial charge in [0.05, 0.1) is 26.4 Å². The predicted octanol–water partition coefficient (Wildman–Crippen LogP) is 24.0. The molecule has 0 aliphatic heterocycles. The Balaban J connectivity index is 5.21. The fourth-order valence-electron chi connectivity index (χ4n) is 12.4. The van der Waals surface area contributed by atoms with Crippen molar-refractivity contribution in [2.75, 3.05) is 39.6 Å². The summed E-state index contributed by atoms with van der Waals surface area (Å²) >= 11 is 0. The van der Waals surface area contributed by atoms with Gasteiger partial charge in [-0.1, -0.05) is 364 Å². The van der Waals surface area contributed by atoms with Gasteiger partial charge in [0.25, 0.3) is 0 Å². The number of carbonyl (C=O) groups excluding carboxylic acids is 4. The largest absolute Gasteiger partial charge is 0.472 e. The van der Waals surface area contributed by atoms with Crippen LogP contribution in [0.3, 0.4) is 0 Å². The van der Waals surface area contributed by atoms with E-state index in [-0.39, 0.29) is 25.7 Å². The molecule has 0 rings (SSSR count). The van der Waals surface area contributed by atoms with Gasteiger partial charge in [0.2, 0.25) is 0 Å². The number of esters is 4. The van der Waals surface area contributed by atoms with Gasteiger partial charge in [-0.15, -0.1) is 0 Å². The van der Waals surface area contributed by atoms with Crippen LogP contribution in [0.2, 0.25) is 0 Å². The minimum atomic E-state index is -4.96. The number of hydrogen-bond donors (Lipinski definition) is 3. The van der Waals surface area contributed by atoms with E-state index in [0.717, 1.165) is 120 Å². The number of hydrogen-bond acceptors (Lipinski definition) is 15. The number of aliphatic hydroxyl groups is 1. The summed E-state index contributed by atoms with van der Waals surface area (Å²) in [5.74, 6) is 1.03. The second kappa shape index (κ2) is 70.1. The zero-order chi connectivity index (χ0) is 73.8. The van der Waals surface area contributed by atoms with Crippen molar-refractivity contribution in [3.05, 3.63) is 0 Å². The van der Waals surface area contributed by atoms with E-state index in [1.165, 1.54) is 212 Å². The van der Waals surface area contributed by atoms with Crippen LogP contribution < -0.4 is 0 Å². The minimum absolute atomic E-state index is 0.106. The molecule has 0 spiro atoms. The van der Waals surface area contributed by atoms with Crippen LogP contribution in [0.5, 0.6) is 0 Å². The molecule has 0 aromatic carbocycles. The van der Waals surface area contributed by atoms with E-state index in [1.54, 1.807) is 0 Å². The highest BCUT2D eigenvalue weighted by Crippen LogP contribution is 2.45. The van der Waals surface area contributed by atoms with E-state index in [4.69, 9.17) is 37.0 Å². The normalized spacial score (nSPS) is 14.6. The summed E-state index contributed by atoms with van der Waals surface area (Å²) in [7, 11) is -9.92. The number of unbranched alkanes of at least 4 members (excludes halogenated alkanes) is 42. The van der Waals surface area contributed by atoms with Gasteiger partial charge in [-0.05, 0) is 49.4 Å². The number of phosphoric acid groups is 2. The monoisotopic (exact) mass is 1470 g/mol. The summed E-state index contributed by atoms with van der Waals surface area (Å²) in [6.45, 7) is 14.3. The van der Waals surface area contributed by atoms with E-state index < -0.39 is 97.5 Å². The molecule has 0 saturated heterocycles. The number of ether oxygens (including phenoxy) is 4. The SMILES string of the molecule is CCC(C)CCCCCCCCCCCCCCCCC(=O)O[C@H](COC(=O)CCCCCCCCC(C)CC)COP(=O)(O)OC[C@H](O)COP(=O)(O)OC[C@@H](COC(=O)CCCCCCCCCCCCCCCCCCC(C)C)OC(=O)CCCCCCCCCCCCC(C)C. The van der Waals surface area contributed by atoms with Gasteiger partial charge in [-0.2, -0.15) is 0 Å². The molecule has 100 heavy (non-hydrogen) atoms. The fourth-order valence-corrected chi connectivity index (χ4v) is 13.9. The first kappa shape index (κ1) is 98.1. The first-order valence-corrected chi connectivity index (χ1v) is 44.8. The summed E-state index contributed by atoms with van der Waals surface area (Å²) in [5.41, 5.74) is 0. The van der Waals surface area contributed by atoms with E-state index >= 15 is 0 Å². The Labute approximate surface area is 613 Å². The molecule has 0 aromatic heterocycles. The van der Waals surface area contributed by atoms with Crippen LogP contribution in [0, 0.1) is 23.7 Å². The molecule has 0 aromatic rings. The number of rotatable bonds is 78. The van der Waals surface area contributed by atoms with E-state index in [0.29, 0.717) is 25.7 Å². The second-order valence-electron chi connectivity index (χ2n) is 30.6. The Bertz CT molecular complexity index is 1960. The lowest BCUT2D eigenvalue weighted by Gasteiger charge is -2.21. The zero-order valence-electron chi connectivity index (χ0n) is 65.8.